The Labute approximate surface area is 131 Å². The number of fused-ring (bicyclic) bond motifs is 3. The van der Waals surface area contributed by atoms with Crippen LogP contribution < -0.4 is 0 Å². The standard InChI is InChI=1S/C15H13ClN6/c1-2-3-13-19-15-12-8-18-22(11-6-4-10(16)5-7-11)14(12)17-9-21(15)20-13/h4-9H,2-3H2,1H3. The third kappa shape index (κ3) is 2.03. The van der Waals surface area contributed by atoms with Crippen LogP contribution in [-0.4, -0.2) is 29.4 Å². The first kappa shape index (κ1) is 13.2. The normalized spacial score (nSPS) is 11.5. The van der Waals surface area contributed by atoms with E-state index < -0.39 is 0 Å². The van der Waals surface area contributed by atoms with E-state index in [0.29, 0.717) is 5.02 Å². The van der Waals surface area contributed by atoms with Gasteiger partial charge in [-0.3, -0.25) is 0 Å². The maximum absolute atomic E-state index is 5.93. The number of benzene rings is 1. The number of aromatic nitrogens is 6. The summed E-state index contributed by atoms with van der Waals surface area (Å²) < 4.78 is 3.49. The van der Waals surface area contributed by atoms with Gasteiger partial charge in [-0.1, -0.05) is 18.5 Å². The van der Waals surface area contributed by atoms with Gasteiger partial charge in [0.15, 0.2) is 17.1 Å². The molecule has 3 aromatic heterocycles. The van der Waals surface area contributed by atoms with E-state index in [1.54, 1.807) is 21.7 Å². The molecule has 110 valence electrons. The van der Waals surface area contributed by atoms with Gasteiger partial charge in [0.1, 0.15) is 6.33 Å². The zero-order chi connectivity index (χ0) is 15.1. The number of rotatable bonds is 3. The smallest absolute Gasteiger partial charge is 0.170 e. The Morgan fingerprint density at radius 1 is 1.14 bits per heavy atom. The monoisotopic (exact) mass is 312 g/mol. The van der Waals surface area contributed by atoms with Crippen molar-refractivity contribution < 1.29 is 0 Å². The lowest BCUT2D eigenvalue weighted by Crippen LogP contribution is -1.98. The molecule has 0 bridgehead atoms. The lowest BCUT2D eigenvalue weighted by atomic mass is 10.3. The van der Waals surface area contributed by atoms with E-state index in [1.807, 2.05) is 24.3 Å². The van der Waals surface area contributed by atoms with Crippen LogP contribution in [0.15, 0.2) is 36.8 Å². The van der Waals surface area contributed by atoms with Crippen molar-refractivity contribution in [3.05, 3.63) is 47.6 Å². The van der Waals surface area contributed by atoms with Crippen molar-refractivity contribution in [1.29, 1.82) is 0 Å². The molecule has 6 nitrogen and oxygen atoms in total. The van der Waals surface area contributed by atoms with Gasteiger partial charge < -0.3 is 0 Å². The molecule has 0 atom stereocenters. The fraction of sp³-hybridized carbons (Fsp3) is 0.200. The molecule has 1 aromatic carbocycles. The number of hydrogen-bond acceptors (Lipinski definition) is 4. The molecule has 0 fully saturated rings. The third-order valence-corrected chi connectivity index (χ3v) is 3.75. The summed E-state index contributed by atoms with van der Waals surface area (Å²) in [5, 5.41) is 10.4. The summed E-state index contributed by atoms with van der Waals surface area (Å²) in [6, 6.07) is 7.48. The second kappa shape index (κ2) is 5.06. The first-order chi connectivity index (χ1) is 10.8. The van der Waals surface area contributed by atoms with Gasteiger partial charge in [-0.15, -0.1) is 5.10 Å². The largest absolute Gasteiger partial charge is 0.216 e. The van der Waals surface area contributed by atoms with E-state index in [-0.39, 0.29) is 0 Å². The Balaban J connectivity index is 1.91. The van der Waals surface area contributed by atoms with E-state index >= 15 is 0 Å². The second-order valence-electron chi connectivity index (χ2n) is 5.06. The highest BCUT2D eigenvalue weighted by Gasteiger charge is 2.13. The van der Waals surface area contributed by atoms with Crippen LogP contribution in [0.4, 0.5) is 0 Å². The number of aryl methyl sites for hydroxylation is 1. The van der Waals surface area contributed by atoms with Crippen LogP contribution in [0.2, 0.25) is 5.02 Å². The summed E-state index contributed by atoms with van der Waals surface area (Å²) >= 11 is 5.93. The van der Waals surface area contributed by atoms with E-state index in [9.17, 15) is 0 Å². The summed E-state index contributed by atoms with van der Waals surface area (Å²) in [5.41, 5.74) is 2.45. The summed E-state index contributed by atoms with van der Waals surface area (Å²) in [6.45, 7) is 2.11. The molecule has 3 heterocycles. The number of hydrogen-bond donors (Lipinski definition) is 0. The average Bonchev–Trinajstić information content (AvgIpc) is 3.11. The zero-order valence-electron chi connectivity index (χ0n) is 11.9. The van der Waals surface area contributed by atoms with Crippen LogP contribution in [0.25, 0.3) is 22.4 Å². The van der Waals surface area contributed by atoms with Crippen LogP contribution in [0, 0.1) is 0 Å². The summed E-state index contributed by atoms with van der Waals surface area (Å²) in [6.07, 6.45) is 5.32. The fourth-order valence-corrected chi connectivity index (χ4v) is 2.59. The molecule has 0 radical (unpaired) electrons. The topological polar surface area (TPSA) is 60.9 Å². The molecule has 4 aromatic rings. The molecule has 0 spiro atoms. The molecule has 0 N–H and O–H groups in total. The minimum Gasteiger partial charge on any atom is -0.216 e. The van der Waals surface area contributed by atoms with E-state index in [2.05, 4.69) is 27.1 Å². The van der Waals surface area contributed by atoms with Crippen molar-refractivity contribution in [2.45, 2.75) is 19.8 Å². The molecule has 0 saturated carbocycles. The molecule has 4 rings (SSSR count). The summed E-state index contributed by atoms with van der Waals surface area (Å²) in [7, 11) is 0. The highest BCUT2D eigenvalue weighted by molar-refractivity contribution is 6.30. The van der Waals surface area contributed by atoms with Gasteiger partial charge in [0.2, 0.25) is 0 Å². The first-order valence-electron chi connectivity index (χ1n) is 7.10. The Morgan fingerprint density at radius 3 is 2.73 bits per heavy atom. The molecule has 0 aliphatic carbocycles. The molecular weight excluding hydrogens is 300 g/mol. The minimum absolute atomic E-state index is 0.692. The lowest BCUT2D eigenvalue weighted by molar-refractivity contribution is 0.811. The fourth-order valence-electron chi connectivity index (χ4n) is 2.47. The lowest BCUT2D eigenvalue weighted by Gasteiger charge is -2.02. The maximum atomic E-state index is 5.93. The van der Waals surface area contributed by atoms with Crippen LogP contribution in [0.3, 0.4) is 0 Å². The van der Waals surface area contributed by atoms with E-state index in [1.165, 1.54) is 0 Å². The van der Waals surface area contributed by atoms with Crippen LogP contribution in [0.1, 0.15) is 19.2 Å². The molecule has 0 saturated heterocycles. The van der Waals surface area contributed by atoms with Gasteiger partial charge in [0.25, 0.3) is 0 Å². The van der Waals surface area contributed by atoms with Crippen LogP contribution in [-0.2, 0) is 6.42 Å². The molecule has 0 aliphatic rings. The Bertz CT molecular complexity index is 953. The Hall–Kier alpha value is -2.47. The van der Waals surface area contributed by atoms with Gasteiger partial charge >= 0.3 is 0 Å². The molecule has 0 aliphatic heterocycles. The summed E-state index contributed by atoms with van der Waals surface area (Å²) in [5.74, 6) is 0.830. The second-order valence-corrected chi connectivity index (χ2v) is 5.50. The highest BCUT2D eigenvalue weighted by atomic mass is 35.5. The maximum Gasteiger partial charge on any atom is 0.170 e. The predicted molar refractivity (Wildman–Crippen MR) is 84.4 cm³/mol. The van der Waals surface area contributed by atoms with Crippen molar-refractivity contribution in [3.63, 3.8) is 0 Å². The molecule has 0 unspecified atom stereocenters. The van der Waals surface area contributed by atoms with Gasteiger partial charge in [0.05, 0.1) is 17.3 Å². The predicted octanol–water partition coefficient (Wildman–Crippen LogP) is 3.07. The van der Waals surface area contributed by atoms with Crippen molar-refractivity contribution in [2.24, 2.45) is 0 Å². The van der Waals surface area contributed by atoms with Crippen molar-refractivity contribution in [3.8, 4) is 5.69 Å². The highest BCUT2D eigenvalue weighted by Crippen LogP contribution is 2.21. The van der Waals surface area contributed by atoms with Gasteiger partial charge in [-0.25, -0.2) is 19.2 Å². The van der Waals surface area contributed by atoms with Crippen molar-refractivity contribution in [1.82, 2.24) is 29.4 Å². The Morgan fingerprint density at radius 2 is 1.95 bits per heavy atom. The minimum atomic E-state index is 0.692. The molecule has 7 heteroatoms. The van der Waals surface area contributed by atoms with E-state index in [4.69, 9.17) is 11.6 Å². The number of nitrogens with zero attached hydrogens (tertiary/aromatic N) is 6. The van der Waals surface area contributed by atoms with Crippen molar-refractivity contribution >= 4 is 28.3 Å². The van der Waals surface area contributed by atoms with Gasteiger partial charge in [0, 0.05) is 11.4 Å². The van der Waals surface area contributed by atoms with Gasteiger partial charge in [-0.05, 0) is 30.7 Å². The molecule has 22 heavy (non-hydrogen) atoms. The Kier molecular flexibility index (Phi) is 3.04. The average molecular weight is 313 g/mol. The molecule has 0 amide bonds. The van der Waals surface area contributed by atoms with Crippen molar-refractivity contribution in [2.75, 3.05) is 0 Å². The van der Waals surface area contributed by atoms with Crippen LogP contribution >= 0.6 is 11.6 Å². The summed E-state index contributed by atoms with van der Waals surface area (Å²) in [4.78, 5) is 9.06. The van der Waals surface area contributed by atoms with Crippen LogP contribution in [0.5, 0.6) is 0 Å². The van der Waals surface area contributed by atoms with E-state index in [0.717, 1.165) is 41.0 Å². The molecular formula is C15H13ClN6. The SMILES string of the molecule is CCCc1nc2c3cnn(-c4ccc(Cl)cc4)c3ncn2n1. The first-order valence-corrected chi connectivity index (χ1v) is 7.48. The quantitative estimate of drug-likeness (QED) is 0.583. The number of halogens is 1. The third-order valence-electron chi connectivity index (χ3n) is 3.49. The zero-order valence-corrected chi connectivity index (χ0v) is 12.7. The van der Waals surface area contributed by atoms with Gasteiger partial charge in [-0.2, -0.15) is 5.10 Å².